The highest BCUT2D eigenvalue weighted by Gasteiger charge is 2.20. The van der Waals surface area contributed by atoms with Gasteiger partial charge in [0.05, 0.1) is 18.5 Å². The number of oxime groups is 1. The molecule has 0 aliphatic carbocycles. The van der Waals surface area contributed by atoms with Crippen molar-refractivity contribution in [2.24, 2.45) is 11.1 Å². The first-order valence-electron chi connectivity index (χ1n) is 10.5. The number of ether oxygens (including phenoxy) is 1. The average Bonchev–Trinajstić information content (AvgIpc) is 2.74. The normalized spacial score (nSPS) is 15.1. The lowest BCUT2D eigenvalue weighted by Gasteiger charge is -2.32. The molecule has 1 aromatic heterocycles. The van der Waals surface area contributed by atoms with E-state index >= 15 is 0 Å². The topological polar surface area (TPSA) is 59.8 Å². The Morgan fingerprint density at radius 3 is 2.55 bits per heavy atom. The van der Waals surface area contributed by atoms with Crippen LogP contribution in [0.2, 0.25) is 0 Å². The van der Waals surface area contributed by atoms with E-state index in [-0.39, 0.29) is 0 Å². The molecule has 1 aromatic carbocycles. The van der Waals surface area contributed by atoms with Crippen molar-refractivity contribution in [2.75, 3.05) is 31.2 Å². The molecule has 0 amide bonds. The predicted molar refractivity (Wildman–Crippen MR) is 117 cm³/mol. The molecule has 156 valence electrons. The van der Waals surface area contributed by atoms with Crippen LogP contribution in [-0.2, 0) is 4.84 Å². The van der Waals surface area contributed by atoms with Crippen LogP contribution in [0.15, 0.2) is 29.4 Å². The van der Waals surface area contributed by atoms with Crippen LogP contribution in [-0.4, -0.2) is 42.7 Å². The molecule has 1 saturated heterocycles. The van der Waals surface area contributed by atoms with Gasteiger partial charge in [0, 0.05) is 13.1 Å². The maximum atomic E-state index is 6.11. The number of aryl methyl sites for hydroxylation is 1. The number of benzene rings is 1. The third-order valence-electron chi connectivity index (χ3n) is 5.68. The minimum atomic E-state index is 0.576. The summed E-state index contributed by atoms with van der Waals surface area (Å²) in [5.41, 5.74) is 4.37. The van der Waals surface area contributed by atoms with Crippen molar-refractivity contribution in [3.63, 3.8) is 0 Å². The van der Waals surface area contributed by atoms with Gasteiger partial charge in [-0.2, -0.15) is 5.10 Å². The molecule has 0 unspecified atom stereocenters. The van der Waals surface area contributed by atoms with Gasteiger partial charge in [-0.05, 0) is 93.8 Å². The largest absolute Gasteiger partial charge is 0.493 e. The Morgan fingerprint density at radius 1 is 1.07 bits per heavy atom. The molecule has 1 fully saturated rings. The zero-order valence-electron chi connectivity index (χ0n) is 18.0. The number of aromatic nitrogens is 2. The van der Waals surface area contributed by atoms with E-state index in [1.807, 2.05) is 32.0 Å². The second-order valence-electron chi connectivity index (χ2n) is 7.66. The Morgan fingerprint density at radius 2 is 1.86 bits per heavy atom. The summed E-state index contributed by atoms with van der Waals surface area (Å²) < 4.78 is 6.11. The van der Waals surface area contributed by atoms with Gasteiger partial charge in [0.1, 0.15) is 12.4 Å². The van der Waals surface area contributed by atoms with Crippen LogP contribution >= 0.6 is 0 Å². The Bertz CT molecular complexity index is 812. The Balaban J connectivity index is 1.46. The fourth-order valence-corrected chi connectivity index (χ4v) is 3.63. The monoisotopic (exact) mass is 396 g/mol. The van der Waals surface area contributed by atoms with Crippen molar-refractivity contribution >= 4 is 12.0 Å². The Hall–Kier alpha value is -2.63. The van der Waals surface area contributed by atoms with Gasteiger partial charge >= 0.3 is 0 Å². The van der Waals surface area contributed by atoms with Crippen LogP contribution in [0.4, 0.5) is 5.82 Å². The first-order valence-corrected chi connectivity index (χ1v) is 10.5. The lowest BCUT2D eigenvalue weighted by Crippen LogP contribution is -2.34. The summed E-state index contributed by atoms with van der Waals surface area (Å²) in [6.45, 7) is 11.5. The van der Waals surface area contributed by atoms with E-state index in [1.54, 1.807) is 6.21 Å². The Labute approximate surface area is 173 Å². The molecule has 0 saturated carbocycles. The molecular formula is C23H32N4O2. The zero-order chi connectivity index (χ0) is 20.6. The summed E-state index contributed by atoms with van der Waals surface area (Å²) in [6, 6.07) is 8.18. The van der Waals surface area contributed by atoms with Gasteiger partial charge < -0.3 is 14.5 Å². The molecule has 2 heterocycles. The summed E-state index contributed by atoms with van der Waals surface area (Å²) >= 11 is 0. The first kappa shape index (κ1) is 21.1. The summed E-state index contributed by atoms with van der Waals surface area (Å²) in [4.78, 5) is 7.40. The molecule has 1 aliphatic rings. The van der Waals surface area contributed by atoms with Gasteiger partial charge in [0.2, 0.25) is 0 Å². The summed E-state index contributed by atoms with van der Waals surface area (Å²) in [7, 11) is 0. The molecule has 0 N–H and O–H groups in total. The number of hydrogen-bond donors (Lipinski definition) is 0. The van der Waals surface area contributed by atoms with E-state index in [0.717, 1.165) is 48.9 Å². The number of hydrogen-bond acceptors (Lipinski definition) is 6. The highest BCUT2D eigenvalue weighted by atomic mass is 16.6. The van der Waals surface area contributed by atoms with E-state index in [1.165, 1.54) is 24.0 Å². The molecule has 2 aromatic rings. The third kappa shape index (κ3) is 5.68. The van der Waals surface area contributed by atoms with Gasteiger partial charge in [0.15, 0.2) is 5.82 Å². The van der Waals surface area contributed by atoms with Crippen molar-refractivity contribution in [3.05, 3.63) is 46.6 Å². The van der Waals surface area contributed by atoms with Crippen LogP contribution in [0.1, 0.15) is 48.6 Å². The second kappa shape index (κ2) is 10.2. The second-order valence-corrected chi connectivity index (χ2v) is 7.66. The van der Waals surface area contributed by atoms with E-state index in [4.69, 9.17) is 9.57 Å². The van der Waals surface area contributed by atoms with Crippen LogP contribution in [0.5, 0.6) is 5.75 Å². The molecule has 0 bridgehead atoms. The molecule has 1 aliphatic heterocycles. The number of rotatable bonds is 8. The maximum absolute atomic E-state index is 6.11. The molecule has 0 spiro atoms. The van der Waals surface area contributed by atoms with Crippen LogP contribution in [0.3, 0.4) is 0 Å². The first-order chi connectivity index (χ1) is 14.1. The summed E-state index contributed by atoms with van der Waals surface area (Å²) in [6.07, 6.45) is 5.19. The van der Waals surface area contributed by atoms with E-state index in [2.05, 4.69) is 40.2 Å². The van der Waals surface area contributed by atoms with Gasteiger partial charge in [-0.1, -0.05) is 5.16 Å². The predicted octanol–water partition coefficient (Wildman–Crippen LogP) is 4.46. The summed E-state index contributed by atoms with van der Waals surface area (Å²) in [5, 5.41) is 12.5. The van der Waals surface area contributed by atoms with E-state index in [9.17, 15) is 0 Å². The SMILES string of the molecule is CCON=Cc1ccc(OCCC2CCN(c3ccc(C)nn3)CC2)c(C)c1C. The van der Waals surface area contributed by atoms with E-state index < -0.39 is 0 Å². The van der Waals surface area contributed by atoms with Crippen LogP contribution < -0.4 is 9.64 Å². The third-order valence-corrected chi connectivity index (χ3v) is 5.68. The van der Waals surface area contributed by atoms with Crippen molar-refractivity contribution < 1.29 is 9.57 Å². The molecule has 29 heavy (non-hydrogen) atoms. The average molecular weight is 397 g/mol. The molecule has 6 nitrogen and oxygen atoms in total. The van der Waals surface area contributed by atoms with Crippen molar-refractivity contribution in [3.8, 4) is 5.75 Å². The fraction of sp³-hybridized carbons (Fsp3) is 0.522. The van der Waals surface area contributed by atoms with Gasteiger partial charge in [0.25, 0.3) is 0 Å². The standard InChI is InChI=1S/C23H32N4O2/c1-5-29-24-16-21-7-8-22(19(4)18(21)3)28-15-12-20-10-13-27(14-11-20)23-9-6-17(2)25-26-23/h6-9,16,20H,5,10-15H2,1-4H3. The number of anilines is 1. The molecule has 3 rings (SSSR count). The maximum Gasteiger partial charge on any atom is 0.151 e. The molecule has 0 atom stereocenters. The quantitative estimate of drug-likeness (QED) is 0.487. The van der Waals surface area contributed by atoms with Crippen LogP contribution in [0, 0.1) is 26.7 Å². The molecule has 6 heteroatoms. The lowest BCUT2D eigenvalue weighted by molar-refractivity contribution is 0.160. The smallest absolute Gasteiger partial charge is 0.151 e. The zero-order valence-corrected chi connectivity index (χ0v) is 18.0. The van der Waals surface area contributed by atoms with Gasteiger partial charge in [-0.3, -0.25) is 0 Å². The Kier molecular flexibility index (Phi) is 7.44. The van der Waals surface area contributed by atoms with Crippen molar-refractivity contribution in [1.29, 1.82) is 0 Å². The number of piperidine rings is 1. The lowest BCUT2D eigenvalue weighted by atomic mass is 9.94. The minimum absolute atomic E-state index is 0.576. The summed E-state index contributed by atoms with van der Waals surface area (Å²) in [5.74, 6) is 2.65. The minimum Gasteiger partial charge on any atom is -0.493 e. The van der Waals surface area contributed by atoms with Gasteiger partial charge in [-0.15, -0.1) is 5.10 Å². The molecular weight excluding hydrogens is 364 g/mol. The van der Waals surface area contributed by atoms with Crippen LogP contribution in [0.25, 0.3) is 0 Å². The van der Waals surface area contributed by atoms with E-state index in [0.29, 0.717) is 12.5 Å². The highest BCUT2D eigenvalue weighted by Crippen LogP contribution is 2.26. The van der Waals surface area contributed by atoms with Crippen molar-refractivity contribution in [2.45, 2.75) is 47.0 Å². The number of nitrogens with zero attached hydrogens (tertiary/aromatic N) is 4. The van der Waals surface area contributed by atoms with Gasteiger partial charge in [-0.25, -0.2) is 0 Å². The molecule has 0 radical (unpaired) electrons. The fourth-order valence-electron chi connectivity index (χ4n) is 3.63. The van der Waals surface area contributed by atoms with Crippen molar-refractivity contribution in [1.82, 2.24) is 10.2 Å². The highest BCUT2D eigenvalue weighted by molar-refractivity contribution is 5.82.